The summed E-state index contributed by atoms with van der Waals surface area (Å²) in [7, 11) is 0. The van der Waals surface area contributed by atoms with Crippen LogP contribution in [0, 0.1) is 5.82 Å². The number of halogens is 1. The molecule has 4 nitrogen and oxygen atoms in total. The number of rotatable bonds is 4. The predicted molar refractivity (Wildman–Crippen MR) is 148 cm³/mol. The minimum absolute atomic E-state index is 0.123. The summed E-state index contributed by atoms with van der Waals surface area (Å²) in [5.74, 6) is 0.312. The number of thiazole rings is 1. The van der Waals surface area contributed by atoms with Gasteiger partial charge in [-0.2, -0.15) is 0 Å². The van der Waals surface area contributed by atoms with Crippen molar-refractivity contribution in [3.8, 4) is 0 Å². The van der Waals surface area contributed by atoms with Crippen LogP contribution in [0.1, 0.15) is 34.9 Å². The van der Waals surface area contributed by atoms with E-state index in [-0.39, 0.29) is 17.4 Å². The Morgan fingerprint density at radius 2 is 1.74 bits per heavy atom. The van der Waals surface area contributed by atoms with Crippen LogP contribution < -0.4 is 14.9 Å². The van der Waals surface area contributed by atoms with Crippen molar-refractivity contribution >= 4 is 34.9 Å². The van der Waals surface area contributed by atoms with Gasteiger partial charge in [-0.15, -0.1) is 0 Å². The van der Waals surface area contributed by atoms with Crippen LogP contribution in [0.15, 0.2) is 121 Å². The number of hydrogen-bond donors (Lipinski definition) is 0. The highest BCUT2D eigenvalue weighted by Crippen LogP contribution is 2.41. The smallest absolute Gasteiger partial charge is 0.271 e. The summed E-state index contributed by atoms with van der Waals surface area (Å²) in [4.78, 5) is 20.6. The second-order valence-corrected chi connectivity index (χ2v) is 11.3. The minimum Gasteiger partial charge on any atom is -0.450 e. The third kappa shape index (κ3) is 4.08. The van der Waals surface area contributed by atoms with Gasteiger partial charge in [-0.3, -0.25) is 9.36 Å². The maximum atomic E-state index is 13.8. The molecular weight excluding hydrogens is 515 g/mol. The molecular formula is C31H21FN2O2S2. The molecule has 5 aromatic rings. The van der Waals surface area contributed by atoms with Crippen LogP contribution in [0.5, 0.6) is 0 Å². The Bertz CT molecular complexity index is 1880. The molecule has 186 valence electrons. The zero-order valence-corrected chi connectivity index (χ0v) is 21.8. The summed E-state index contributed by atoms with van der Waals surface area (Å²) in [6.45, 7) is 0. The molecule has 0 radical (unpaired) electrons. The van der Waals surface area contributed by atoms with E-state index < -0.39 is 0 Å². The molecule has 0 bridgehead atoms. The number of nitrogens with zero attached hydrogens (tertiary/aromatic N) is 2. The molecule has 0 amide bonds. The molecule has 2 aromatic heterocycles. The molecule has 3 heterocycles. The number of allylic oxidation sites excluding steroid dienone is 1. The molecule has 0 saturated heterocycles. The van der Waals surface area contributed by atoms with Crippen molar-refractivity contribution in [2.24, 2.45) is 4.99 Å². The third-order valence-electron chi connectivity index (χ3n) is 6.90. The summed E-state index contributed by atoms with van der Waals surface area (Å²) in [6, 6.07) is 28.2. The van der Waals surface area contributed by atoms with E-state index in [9.17, 15) is 9.18 Å². The highest BCUT2D eigenvalue weighted by molar-refractivity contribution is 7.99. The Labute approximate surface area is 226 Å². The fourth-order valence-corrected chi connectivity index (χ4v) is 6.95. The molecule has 0 unspecified atom stereocenters. The van der Waals surface area contributed by atoms with Gasteiger partial charge in [0.15, 0.2) is 9.89 Å². The van der Waals surface area contributed by atoms with Crippen LogP contribution in [0.2, 0.25) is 0 Å². The zero-order chi connectivity index (χ0) is 25.6. The van der Waals surface area contributed by atoms with Crippen LogP contribution in [0.3, 0.4) is 0 Å². The highest BCUT2D eigenvalue weighted by Gasteiger charge is 2.32. The second kappa shape index (κ2) is 9.42. The number of aryl methyl sites for hydroxylation is 1. The lowest BCUT2D eigenvalue weighted by molar-refractivity contribution is 0.466. The van der Waals surface area contributed by atoms with E-state index in [2.05, 4.69) is 12.1 Å². The largest absolute Gasteiger partial charge is 0.450 e. The minimum atomic E-state index is -0.335. The maximum Gasteiger partial charge on any atom is 0.271 e. The second-order valence-electron chi connectivity index (χ2n) is 9.24. The lowest BCUT2D eigenvalue weighted by atomic mass is 9.83. The van der Waals surface area contributed by atoms with E-state index >= 15 is 0 Å². The van der Waals surface area contributed by atoms with Gasteiger partial charge < -0.3 is 4.42 Å². The normalized spacial score (nSPS) is 16.6. The first-order valence-electron chi connectivity index (χ1n) is 12.4. The van der Waals surface area contributed by atoms with Gasteiger partial charge in [-0.25, -0.2) is 9.38 Å². The van der Waals surface area contributed by atoms with Gasteiger partial charge in [-0.1, -0.05) is 77.7 Å². The fraction of sp³-hybridized carbons (Fsp3) is 0.0968. The maximum absolute atomic E-state index is 13.8. The van der Waals surface area contributed by atoms with Crippen molar-refractivity contribution in [3.63, 3.8) is 0 Å². The van der Waals surface area contributed by atoms with Gasteiger partial charge >= 0.3 is 0 Å². The molecule has 3 aromatic carbocycles. The molecule has 1 aliphatic carbocycles. The Kier molecular flexibility index (Phi) is 5.75. The topological polar surface area (TPSA) is 47.5 Å². The predicted octanol–water partition coefficient (Wildman–Crippen LogP) is 6.20. The first-order valence-corrected chi connectivity index (χ1v) is 14.0. The Morgan fingerprint density at radius 3 is 2.58 bits per heavy atom. The van der Waals surface area contributed by atoms with Crippen LogP contribution in [-0.2, 0) is 6.42 Å². The standard InChI is InChI=1S/C31H21FN2O2S2/c32-21-13-10-20(11-14-21)29-25-16-12-19-6-4-5-9-24(19)28(25)33-31-34(29)30(35)26(38-31)18-22-15-17-27(36-22)37-23-7-2-1-3-8-23/h1-11,13-15,17-18,29H,12,16H2/b26-18-/t29-/m1/s1. The lowest BCUT2D eigenvalue weighted by Gasteiger charge is -2.30. The monoisotopic (exact) mass is 536 g/mol. The van der Waals surface area contributed by atoms with Crippen molar-refractivity contribution in [2.45, 2.75) is 28.9 Å². The Balaban J connectivity index is 1.36. The van der Waals surface area contributed by atoms with Crippen LogP contribution in [0.25, 0.3) is 11.8 Å². The Hall–Kier alpha value is -3.94. The van der Waals surface area contributed by atoms with Crippen molar-refractivity contribution in [1.82, 2.24) is 4.57 Å². The molecule has 0 saturated carbocycles. The van der Waals surface area contributed by atoms with Gasteiger partial charge in [0.2, 0.25) is 0 Å². The van der Waals surface area contributed by atoms with Crippen molar-refractivity contribution in [1.29, 1.82) is 0 Å². The van der Waals surface area contributed by atoms with Crippen molar-refractivity contribution in [2.75, 3.05) is 0 Å². The van der Waals surface area contributed by atoms with Crippen LogP contribution >= 0.6 is 23.1 Å². The number of furan rings is 1. The molecule has 7 heteroatoms. The lowest BCUT2D eigenvalue weighted by Crippen LogP contribution is -2.38. The molecule has 1 aliphatic heterocycles. The molecule has 1 atom stereocenters. The summed E-state index contributed by atoms with van der Waals surface area (Å²) < 4.78 is 22.2. The molecule has 2 aliphatic rings. The summed E-state index contributed by atoms with van der Waals surface area (Å²) in [6.07, 6.45) is 3.46. The van der Waals surface area contributed by atoms with E-state index in [0.29, 0.717) is 15.1 Å². The van der Waals surface area contributed by atoms with Crippen LogP contribution in [0.4, 0.5) is 4.39 Å². The fourth-order valence-electron chi connectivity index (χ4n) is 5.17. The number of hydrogen-bond acceptors (Lipinski definition) is 5. The van der Waals surface area contributed by atoms with Gasteiger partial charge in [-0.05, 0) is 65.9 Å². The average Bonchev–Trinajstić information content (AvgIpc) is 3.52. The average molecular weight is 537 g/mol. The third-order valence-corrected chi connectivity index (χ3v) is 8.81. The summed E-state index contributed by atoms with van der Waals surface area (Å²) >= 11 is 2.89. The highest BCUT2D eigenvalue weighted by atomic mass is 32.2. The summed E-state index contributed by atoms with van der Waals surface area (Å²) in [5, 5.41) is 0.756. The van der Waals surface area contributed by atoms with Crippen LogP contribution in [-0.4, -0.2) is 4.57 Å². The van der Waals surface area contributed by atoms with E-state index in [4.69, 9.17) is 9.41 Å². The van der Waals surface area contributed by atoms with Crippen molar-refractivity contribution < 1.29 is 8.81 Å². The summed E-state index contributed by atoms with van der Waals surface area (Å²) in [5.41, 5.74) is 5.13. The zero-order valence-electron chi connectivity index (χ0n) is 20.1. The van der Waals surface area contributed by atoms with Crippen molar-refractivity contribution in [3.05, 3.63) is 145 Å². The molecule has 0 fully saturated rings. The van der Waals surface area contributed by atoms with Gasteiger partial charge in [0.05, 0.1) is 16.3 Å². The van der Waals surface area contributed by atoms with E-state index in [0.717, 1.165) is 45.2 Å². The molecule has 7 rings (SSSR count). The molecule has 0 N–H and O–H groups in total. The Morgan fingerprint density at radius 1 is 0.947 bits per heavy atom. The van der Waals surface area contributed by atoms with Gasteiger partial charge in [0.1, 0.15) is 11.6 Å². The first-order chi connectivity index (χ1) is 18.6. The quantitative estimate of drug-likeness (QED) is 0.275. The number of fused-ring (bicyclic) bond motifs is 3. The van der Waals surface area contributed by atoms with E-state index in [1.54, 1.807) is 22.8 Å². The van der Waals surface area contributed by atoms with E-state index in [1.165, 1.54) is 40.8 Å². The van der Waals surface area contributed by atoms with E-state index in [1.807, 2.05) is 54.6 Å². The van der Waals surface area contributed by atoms with Gasteiger partial charge in [0, 0.05) is 16.5 Å². The number of aromatic nitrogens is 1. The SMILES string of the molecule is O=c1/c(=C/c2ccc(Sc3ccccc3)o2)sc2n1[C@H](c1ccc(F)cc1)C1=C(N=2)c2ccccc2CC1. The van der Waals surface area contributed by atoms with Gasteiger partial charge in [0.25, 0.3) is 5.56 Å². The first kappa shape index (κ1) is 23.2. The molecule has 38 heavy (non-hydrogen) atoms. The number of benzene rings is 3. The molecule has 0 spiro atoms.